The standard InChI is InChI=1S/C11H13Br2NO3S/c1-6-2-10(13)11(5-9(6)12)18(16,17)14-7-3-8(15)4-7/h2,5,7-8,14-15H,3-4H2,1H3. The quantitative estimate of drug-likeness (QED) is 0.820. The molecule has 2 N–H and O–H groups in total. The maximum absolute atomic E-state index is 12.2. The van der Waals surface area contributed by atoms with Crippen molar-refractivity contribution in [3.05, 3.63) is 26.6 Å². The highest BCUT2D eigenvalue weighted by atomic mass is 79.9. The maximum atomic E-state index is 12.2. The molecule has 2 rings (SSSR count). The average Bonchev–Trinajstić information content (AvgIpc) is 2.20. The van der Waals surface area contributed by atoms with Crippen molar-refractivity contribution in [2.24, 2.45) is 0 Å². The van der Waals surface area contributed by atoms with Crippen molar-refractivity contribution >= 4 is 41.9 Å². The lowest BCUT2D eigenvalue weighted by Crippen LogP contribution is -2.46. The Kier molecular flexibility index (Phi) is 4.18. The molecule has 0 heterocycles. The zero-order valence-corrected chi connectivity index (χ0v) is 13.6. The van der Waals surface area contributed by atoms with Gasteiger partial charge in [0, 0.05) is 15.0 Å². The first-order valence-corrected chi connectivity index (χ1v) is 8.52. The van der Waals surface area contributed by atoms with Gasteiger partial charge in [-0.25, -0.2) is 13.1 Å². The molecule has 0 saturated heterocycles. The predicted octanol–water partition coefficient (Wildman–Crippen LogP) is 2.32. The zero-order chi connectivity index (χ0) is 13.5. The van der Waals surface area contributed by atoms with Crippen LogP contribution in [0, 0.1) is 6.92 Å². The number of sulfonamides is 1. The molecular formula is C11H13Br2NO3S. The van der Waals surface area contributed by atoms with E-state index in [1.165, 1.54) is 0 Å². The minimum atomic E-state index is -3.55. The molecule has 0 unspecified atom stereocenters. The lowest BCUT2D eigenvalue weighted by atomic mass is 9.91. The molecule has 4 nitrogen and oxygen atoms in total. The Labute approximate surface area is 123 Å². The van der Waals surface area contributed by atoms with E-state index in [4.69, 9.17) is 5.11 Å². The van der Waals surface area contributed by atoms with E-state index >= 15 is 0 Å². The van der Waals surface area contributed by atoms with Crippen LogP contribution >= 0.6 is 31.9 Å². The third-order valence-electron chi connectivity index (χ3n) is 2.94. The summed E-state index contributed by atoms with van der Waals surface area (Å²) in [5.74, 6) is 0. The van der Waals surface area contributed by atoms with Crippen molar-refractivity contribution in [2.45, 2.75) is 36.8 Å². The van der Waals surface area contributed by atoms with Crippen LogP contribution in [0.5, 0.6) is 0 Å². The van der Waals surface area contributed by atoms with Crippen LogP contribution in [0.1, 0.15) is 18.4 Å². The highest BCUT2D eigenvalue weighted by molar-refractivity contribution is 9.11. The minimum absolute atomic E-state index is 0.169. The van der Waals surface area contributed by atoms with Gasteiger partial charge in [0.05, 0.1) is 11.0 Å². The van der Waals surface area contributed by atoms with Gasteiger partial charge in [-0.1, -0.05) is 15.9 Å². The SMILES string of the molecule is Cc1cc(Br)c(S(=O)(=O)NC2CC(O)C2)cc1Br. The summed E-state index contributed by atoms with van der Waals surface area (Å²) in [6.45, 7) is 1.89. The second-order valence-corrected chi connectivity index (χ2v) is 7.87. The van der Waals surface area contributed by atoms with Crippen LogP contribution in [0.25, 0.3) is 0 Å². The van der Waals surface area contributed by atoms with Gasteiger partial charge in [-0.2, -0.15) is 0 Å². The van der Waals surface area contributed by atoms with Crippen molar-refractivity contribution in [3.8, 4) is 0 Å². The average molecular weight is 399 g/mol. The van der Waals surface area contributed by atoms with E-state index < -0.39 is 10.0 Å². The van der Waals surface area contributed by atoms with E-state index in [2.05, 4.69) is 36.6 Å². The van der Waals surface area contributed by atoms with Gasteiger partial charge in [0.25, 0.3) is 0 Å². The summed E-state index contributed by atoms with van der Waals surface area (Å²) in [6, 6.07) is 3.17. The Morgan fingerprint density at radius 1 is 1.28 bits per heavy atom. The third kappa shape index (κ3) is 2.96. The van der Waals surface area contributed by atoms with E-state index in [1.54, 1.807) is 12.1 Å². The number of rotatable bonds is 3. The number of benzene rings is 1. The largest absolute Gasteiger partial charge is 0.393 e. The van der Waals surface area contributed by atoms with Crippen molar-refractivity contribution in [2.75, 3.05) is 0 Å². The minimum Gasteiger partial charge on any atom is -0.393 e. The van der Waals surface area contributed by atoms with Crippen molar-refractivity contribution < 1.29 is 13.5 Å². The van der Waals surface area contributed by atoms with E-state index in [0.717, 1.165) is 10.0 Å². The van der Waals surface area contributed by atoms with Gasteiger partial charge in [-0.15, -0.1) is 0 Å². The first-order chi connectivity index (χ1) is 8.29. The van der Waals surface area contributed by atoms with Crippen LogP contribution in [-0.4, -0.2) is 25.7 Å². The Hall–Kier alpha value is 0.0500. The molecule has 0 aliphatic heterocycles. The molecule has 0 bridgehead atoms. The maximum Gasteiger partial charge on any atom is 0.241 e. The lowest BCUT2D eigenvalue weighted by Gasteiger charge is -2.31. The summed E-state index contributed by atoms with van der Waals surface area (Å²) >= 11 is 6.60. The Balaban J connectivity index is 2.27. The van der Waals surface area contributed by atoms with Crippen LogP contribution in [0.2, 0.25) is 0 Å². The summed E-state index contributed by atoms with van der Waals surface area (Å²) in [4.78, 5) is 0.210. The first kappa shape index (κ1) is 14.5. The van der Waals surface area contributed by atoms with Gasteiger partial charge in [0.1, 0.15) is 0 Å². The molecule has 0 amide bonds. The van der Waals surface area contributed by atoms with Crippen LogP contribution in [0.3, 0.4) is 0 Å². The molecular weight excluding hydrogens is 386 g/mol. The normalized spacial score (nSPS) is 23.8. The Morgan fingerprint density at radius 3 is 2.44 bits per heavy atom. The van der Waals surface area contributed by atoms with Crippen molar-refractivity contribution in [1.29, 1.82) is 0 Å². The lowest BCUT2D eigenvalue weighted by molar-refractivity contribution is 0.0712. The number of nitrogens with one attached hydrogen (secondary N) is 1. The molecule has 1 aromatic carbocycles. The highest BCUT2D eigenvalue weighted by Gasteiger charge is 2.32. The Morgan fingerprint density at radius 2 is 1.89 bits per heavy atom. The number of aryl methyl sites for hydroxylation is 1. The first-order valence-electron chi connectivity index (χ1n) is 5.45. The van der Waals surface area contributed by atoms with Gasteiger partial charge in [-0.05, 0) is 53.4 Å². The second kappa shape index (κ2) is 5.20. The molecule has 0 radical (unpaired) electrons. The molecule has 1 aromatic rings. The van der Waals surface area contributed by atoms with Gasteiger partial charge < -0.3 is 5.11 Å². The highest BCUT2D eigenvalue weighted by Crippen LogP contribution is 2.30. The van der Waals surface area contributed by atoms with Crippen molar-refractivity contribution in [1.82, 2.24) is 4.72 Å². The molecule has 100 valence electrons. The summed E-state index contributed by atoms with van der Waals surface area (Å²) in [7, 11) is -3.55. The fourth-order valence-electron chi connectivity index (χ4n) is 1.80. The summed E-state index contributed by atoms with van der Waals surface area (Å²) in [6.07, 6.45) is 0.569. The molecule has 18 heavy (non-hydrogen) atoms. The number of hydrogen-bond acceptors (Lipinski definition) is 3. The van der Waals surface area contributed by atoms with E-state index in [1.807, 2.05) is 6.92 Å². The van der Waals surface area contributed by atoms with Crippen LogP contribution in [0.4, 0.5) is 0 Å². The number of aliphatic hydroxyl groups is 1. The molecule has 1 fully saturated rings. The Bertz CT molecular complexity index is 568. The zero-order valence-electron chi connectivity index (χ0n) is 9.65. The number of halogens is 2. The molecule has 0 spiro atoms. The second-order valence-electron chi connectivity index (χ2n) is 4.48. The molecule has 7 heteroatoms. The monoisotopic (exact) mass is 397 g/mol. The molecule has 0 aromatic heterocycles. The summed E-state index contributed by atoms with van der Waals surface area (Å²) < 4.78 is 28.2. The molecule has 0 atom stereocenters. The van der Waals surface area contributed by atoms with Crippen LogP contribution in [0.15, 0.2) is 26.0 Å². The topological polar surface area (TPSA) is 66.4 Å². The van der Waals surface area contributed by atoms with Gasteiger partial charge in [-0.3, -0.25) is 0 Å². The number of aliphatic hydroxyl groups excluding tert-OH is 1. The fourth-order valence-corrected chi connectivity index (χ4v) is 4.74. The summed E-state index contributed by atoms with van der Waals surface area (Å²) in [5.41, 5.74) is 0.958. The molecule has 1 aliphatic rings. The molecule has 1 aliphatic carbocycles. The fraction of sp³-hybridized carbons (Fsp3) is 0.455. The van der Waals surface area contributed by atoms with E-state index in [0.29, 0.717) is 17.3 Å². The van der Waals surface area contributed by atoms with Crippen LogP contribution < -0.4 is 4.72 Å². The van der Waals surface area contributed by atoms with Gasteiger partial charge in [0.15, 0.2) is 0 Å². The van der Waals surface area contributed by atoms with E-state index in [9.17, 15) is 8.42 Å². The third-order valence-corrected chi connectivity index (χ3v) is 6.27. The summed E-state index contributed by atoms with van der Waals surface area (Å²) in [5, 5.41) is 9.17. The van der Waals surface area contributed by atoms with Gasteiger partial charge >= 0.3 is 0 Å². The molecule has 1 saturated carbocycles. The number of hydrogen-bond donors (Lipinski definition) is 2. The van der Waals surface area contributed by atoms with Crippen molar-refractivity contribution in [3.63, 3.8) is 0 Å². The smallest absolute Gasteiger partial charge is 0.241 e. The van der Waals surface area contributed by atoms with Crippen LogP contribution in [-0.2, 0) is 10.0 Å². The predicted molar refractivity (Wildman–Crippen MR) is 75.9 cm³/mol. The van der Waals surface area contributed by atoms with Gasteiger partial charge in [0.2, 0.25) is 10.0 Å². The van der Waals surface area contributed by atoms with E-state index in [-0.39, 0.29) is 17.0 Å².